The van der Waals surface area contributed by atoms with Gasteiger partial charge >= 0.3 is 5.97 Å². The zero-order valence-corrected chi connectivity index (χ0v) is 15.6. The summed E-state index contributed by atoms with van der Waals surface area (Å²) < 4.78 is 11.6. The maximum Gasteiger partial charge on any atom is 0.306 e. The van der Waals surface area contributed by atoms with E-state index in [1.807, 2.05) is 6.92 Å². The van der Waals surface area contributed by atoms with Crippen LogP contribution in [0, 0.1) is 0 Å². The van der Waals surface area contributed by atoms with Crippen LogP contribution in [-0.4, -0.2) is 32.5 Å². The third-order valence-corrected chi connectivity index (χ3v) is 4.76. The lowest BCUT2D eigenvalue weighted by molar-refractivity contribution is -0.155. The molecular formula is C21H24O7. The van der Waals surface area contributed by atoms with Crippen molar-refractivity contribution in [1.82, 2.24) is 0 Å². The first-order chi connectivity index (χ1) is 13.4. The molecule has 7 heteroatoms. The Kier molecular flexibility index (Phi) is 5.82. The number of aromatic hydroxyl groups is 4. The second-order valence-electron chi connectivity index (χ2n) is 6.92. The third kappa shape index (κ3) is 4.24. The molecule has 1 aliphatic heterocycles. The number of fused-ring (bicyclic) bond motifs is 1. The summed E-state index contributed by atoms with van der Waals surface area (Å²) in [6.07, 6.45) is 1.60. The summed E-state index contributed by atoms with van der Waals surface area (Å²) in [7, 11) is 0. The average molecular weight is 388 g/mol. The molecule has 28 heavy (non-hydrogen) atoms. The predicted molar refractivity (Wildman–Crippen MR) is 101 cm³/mol. The summed E-state index contributed by atoms with van der Waals surface area (Å²) in [4.78, 5) is 12.3. The Morgan fingerprint density at radius 2 is 1.86 bits per heavy atom. The zero-order chi connectivity index (χ0) is 20.3. The van der Waals surface area contributed by atoms with Crippen molar-refractivity contribution in [3.8, 4) is 28.7 Å². The van der Waals surface area contributed by atoms with Crippen molar-refractivity contribution in [1.29, 1.82) is 0 Å². The summed E-state index contributed by atoms with van der Waals surface area (Å²) in [5.41, 5.74) is 0.929. The van der Waals surface area contributed by atoms with E-state index in [2.05, 4.69) is 0 Å². The second kappa shape index (κ2) is 8.29. The number of carbonyl (C=O) groups is 1. The van der Waals surface area contributed by atoms with E-state index < -0.39 is 12.2 Å². The molecule has 0 fully saturated rings. The number of phenolic OH excluding ortho intramolecular Hbond substituents is 4. The molecule has 4 N–H and O–H groups in total. The van der Waals surface area contributed by atoms with Gasteiger partial charge in [-0.1, -0.05) is 25.8 Å². The lowest BCUT2D eigenvalue weighted by Gasteiger charge is -2.34. The van der Waals surface area contributed by atoms with E-state index in [4.69, 9.17) is 9.47 Å². The number of hydrogen-bond acceptors (Lipinski definition) is 7. The van der Waals surface area contributed by atoms with Gasteiger partial charge in [0.15, 0.2) is 17.6 Å². The molecule has 150 valence electrons. The molecule has 3 rings (SSSR count). The van der Waals surface area contributed by atoms with Gasteiger partial charge in [0.1, 0.15) is 23.4 Å². The summed E-state index contributed by atoms with van der Waals surface area (Å²) in [5, 5.41) is 39.3. The summed E-state index contributed by atoms with van der Waals surface area (Å²) in [6, 6.07) is 6.80. The number of carbonyl (C=O) groups excluding carboxylic acids is 1. The molecule has 0 radical (unpaired) electrons. The van der Waals surface area contributed by atoms with Crippen LogP contribution < -0.4 is 4.74 Å². The van der Waals surface area contributed by atoms with Crippen LogP contribution in [-0.2, 0) is 16.0 Å². The zero-order valence-electron chi connectivity index (χ0n) is 15.6. The minimum atomic E-state index is -0.768. The van der Waals surface area contributed by atoms with E-state index in [1.54, 1.807) is 6.07 Å². The summed E-state index contributed by atoms with van der Waals surface area (Å²) in [5.74, 6) is -0.986. The van der Waals surface area contributed by atoms with Gasteiger partial charge in [-0.3, -0.25) is 4.79 Å². The Morgan fingerprint density at radius 3 is 2.57 bits per heavy atom. The van der Waals surface area contributed by atoms with Gasteiger partial charge in [0, 0.05) is 36.1 Å². The van der Waals surface area contributed by atoms with Crippen molar-refractivity contribution in [2.75, 3.05) is 0 Å². The van der Waals surface area contributed by atoms with Gasteiger partial charge in [0.25, 0.3) is 0 Å². The highest BCUT2D eigenvalue weighted by Crippen LogP contribution is 2.43. The molecule has 2 aromatic carbocycles. The number of esters is 1. The molecule has 0 unspecified atom stereocenters. The maximum atomic E-state index is 12.3. The molecule has 0 saturated carbocycles. The van der Waals surface area contributed by atoms with Crippen molar-refractivity contribution in [3.63, 3.8) is 0 Å². The second-order valence-corrected chi connectivity index (χ2v) is 6.92. The largest absolute Gasteiger partial charge is 0.508 e. The highest BCUT2D eigenvalue weighted by Gasteiger charge is 2.36. The minimum Gasteiger partial charge on any atom is -0.508 e. The third-order valence-electron chi connectivity index (χ3n) is 4.76. The van der Waals surface area contributed by atoms with Gasteiger partial charge < -0.3 is 29.9 Å². The fourth-order valence-electron chi connectivity index (χ4n) is 3.30. The Bertz CT molecular complexity index is 862. The van der Waals surface area contributed by atoms with Crippen molar-refractivity contribution in [2.45, 2.75) is 51.2 Å². The van der Waals surface area contributed by atoms with Crippen LogP contribution in [0.4, 0.5) is 0 Å². The molecule has 0 aliphatic carbocycles. The van der Waals surface area contributed by atoms with Crippen LogP contribution in [0.25, 0.3) is 0 Å². The van der Waals surface area contributed by atoms with Gasteiger partial charge in [-0.05, 0) is 18.6 Å². The quantitative estimate of drug-likeness (QED) is 0.339. The predicted octanol–water partition coefficient (Wildman–Crippen LogP) is 3.68. The Morgan fingerprint density at radius 1 is 1.07 bits per heavy atom. The van der Waals surface area contributed by atoms with E-state index in [-0.39, 0.29) is 47.6 Å². The first-order valence-corrected chi connectivity index (χ1v) is 9.32. The van der Waals surface area contributed by atoms with Crippen LogP contribution in [0.2, 0.25) is 0 Å². The van der Waals surface area contributed by atoms with Crippen molar-refractivity contribution in [3.05, 3.63) is 41.5 Å². The van der Waals surface area contributed by atoms with Crippen molar-refractivity contribution in [2.24, 2.45) is 0 Å². The van der Waals surface area contributed by atoms with E-state index >= 15 is 0 Å². The highest BCUT2D eigenvalue weighted by molar-refractivity contribution is 5.69. The minimum absolute atomic E-state index is 0.144. The van der Waals surface area contributed by atoms with Crippen molar-refractivity contribution < 1.29 is 34.7 Å². The smallest absolute Gasteiger partial charge is 0.306 e. The fourth-order valence-corrected chi connectivity index (χ4v) is 3.30. The van der Waals surface area contributed by atoms with Gasteiger partial charge in [-0.25, -0.2) is 0 Å². The van der Waals surface area contributed by atoms with E-state index in [9.17, 15) is 25.2 Å². The van der Waals surface area contributed by atoms with Gasteiger partial charge in [0.2, 0.25) is 0 Å². The molecule has 2 atom stereocenters. The van der Waals surface area contributed by atoms with Crippen LogP contribution in [0.5, 0.6) is 28.7 Å². The number of unbranched alkanes of at least 4 members (excludes halogenated alkanes) is 2. The first kappa shape index (κ1) is 19.7. The molecule has 1 heterocycles. The van der Waals surface area contributed by atoms with Gasteiger partial charge in [-0.2, -0.15) is 0 Å². The van der Waals surface area contributed by atoms with E-state index in [1.165, 1.54) is 24.3 Å². The first-order valence-electron chi connectivity index (χ1n) is 9.32. The van der Waals surface area contributed by atoms with Crippen molar-refractivity contribution >= 4 is 5.97 Å². The number of phenols is 4. The maximum absolute atomic E-state index is 12.3. The standard InChI is InChI=1S/C21H24O7/c1-2-3-4-5-20(26)27-19-11-14-16(24)9-13(22)10-18(14)28-21(19)12-6-7-15(23)17(25)8-12/h6-10,19,21-25H,2-5,11H2,1H3/t19-,21-/m1/s1. The van der Waals surface area contributed by atoms with Gasteiger partial charge in [0.05, 0.1) is 0 Å². The van der Waals surface area contributed by atoms with Crippen LogP contribution in [0.3, 0.4) is 0 Å². The molecule has 0 amide bonds. The Hall–Kier alpha value is -3.09. The van der Waals surface area contributed by atoms with Crippen LogP contribution in [0.15, 0.2) is 30.3 Å². The molecule has 0 saturated heterocycles. The lowest BCUT2D eigenvalue weighted by Crippen LogP contribution is -2.34. The Balaban J connectivity index is 1.90. The highest BCUT2D eigenvalue weighted by atomic mass is 16.6. The number of rotatable bonds is 6. The van der Waals surface area contributed by atoms with Crippen LogP contribution >= 0.6 is 0 Å². The molecule has 2 aromatic rings. The van der Waals surface area contributed by atoms with Crippen LogP contribution in [0.1, 0.15) is 49.8 Å². The normalized spacial score (nSPS) is 18.2. The number of ether oxygens (including phenoxy) is 2. The Labute approximate surface area is 162 Å². The number of hydrogen-bond donors (Lipinski definition) is 4. The molecule has 0 aromatic heterocycles. The topological polar surface area (TPSA) is 116 Å². The number of benzene rings is 2. The molecule has 7 nitrogen and oxygen atoms in total. The lowest BCUT2D eigenvalue weighted by atomic mass is 9.93. The molecule has 1 aliphatic rings. The fraction of sp³-hybridized carbons (Fsp3) is 0.381. The molecule has 0 bridgehead atoms. The van der Waals surface area contributed by atoms with E-state index in [0.29, 0.717) is 11.1 Å². The summed E-state index contributed by atoms with van der Waals surface area (Å²) in [6.45, 7) is 2.04. The SMILES string of the molecule is CCCCCC(=O)O[C@@H]1Cc2c(O)cc(O)cc2O[C@@H]1c1ccc(O)c(O)c1. The monoisotopic (exact) mass is 388 g/mol. The van der Waals surface area contributed by atoms with Gasteiger partial charge in [-0.15, -0.1) is 0 Å². The van der Waals surface area contributed by atoms with E-state index in [0.717, 1.165) is 19.3 Å². The average Bonchev–Trinajstić information content (AvgIpc) is 2.64. The summed E-state index contributed by atoms with van der Waals surface area (Å²) >= 11 is 0. The molecular weight excluding hydrogens is 364 g/mol. The molecule has 0 spiro atoms.